The molecule has 2 bridgehead atoms. The fourth-order valence-corrected chi connectivity index (χ4v) is 6.14. The van der Waals surface area contributed by atoms with Crippen LogP contribution in [0.4, 0.5) is 0 Å². The van der Waals surface area contributed by atoms with Crippen LogP contribution in [0.15, 0.2) is 12.1 Å². The first-order chi connectivity index (χ1) is 11.2. The summed E-state index contributed by atoms with van der Waals surface area (Å²) in [5.41, 5.74) is 2.57. The van der Waals surface area contributed by atoms with Gasteiger partial charge in [-0.15, -0.1) is 0 Å². The summed E-state index contributed by atoms with van der Waals surface area (Å²) in [7, 11) is 3.91. The zero-order valence-corrected chi connectivity index (χ0v) is 13.4. The molecule has 5 nitrogen and oxygen atoms in total. The number of hydrogen-bond donors (Lipinski definition) is 1. The van der Waals surface area contributed by atoms with Crippen LogP contribution in [0.2, 0.25) is 0 Å². The predicted molar refractivity (Wildman–Crippen MR) is 82.0 cm³/mol. The molecule has 2 aliphatic carbocycles. The molecule has 3 heterocycles. The first kappa shape index (κ1) is 13.0. The largest absolute Gasteiger partial charge is 0.493 e. The molecule has 0 aromatic heterocycles. The highest BCUT2D eigenvalue weighted by molar-refractivity contribution is 5.62. The fourth-order valence-electron chi connectivity index (χ4n) is 6.14. The van der Waals surface area contributed by atoms with Gasteiger partial charge in [0.1, 0.15) is 18.3 Å². The van der Waals surface area contributed by atoms with Crippen LogP contribution in [0.1, 0.15) is 17.5 Å². The van der Waals surface area contributed by atoms with Crippen LogP contribution >= 0.6 is 0 Å². The number of hydrogen-bond acceptors (Lipinski definition) is 5. The summed E-state index contributed by atoms with van der Waals surface area (Å²) in [6.45, 7) is 1.04. The molecule has 6 rings (SSSR count). The molecule has 1 aromatic rings. The van der Waals surface area contributed by atoms with Gasteiger partial charge in [-0.25, -0.2) is 0 Å². The Morgan fingerprint density at radius 3 is 3.04 bits per heavy atom. The van der Waals surface area contributed by atoms with Crippen molar-refractivity contribution in [3.05, 3.63) is 23.3 Å². The van der Waals surface area contributed by atoms with Crippen molar-refractivity contribution in [2.24, 2.45) is 5.92 Å². The fraction of sp³-hybridized carbons (Fsp3) is 0.667. The van der Waals surface area contributed by atoms with E-state index in [4.69, 9.17) is 14.2 Å². The molecule has 0 amide bonds. The van der Waals surface area contributed by atoms with E-state index in [1.54, 1.807) is 7.11 Å². The molecule has 1 N–H and O–H groups in total. The van der Waals surface area contributed by atoms with Crippen LogP contribution in [-0.4, -0.2) is 61.2 Å². The summed E-state index contributed by atoms with van der Waals surface area (Å²) in [6.07, 6.45) is 1.46. The summed E-state index contributed by atoms with van der Waals surface area (Å²) in [4.78, 5) is 2.48. The molecular formula is C18H21NO4. The average Bonchev–Trinajstić information content (AvgIpc) is 3.27. The number of piperidine rings is 1. The van der Waals surface area contributed by atoms with Gasteiger partial charge in [0, 0.05) is 22.9 Å². The van der Waals surface area contributed by atoms with E-state index in [1.807, 2.05) is 6.07 Å². The Bertz CT molecular complexity index is 721. The molecule has 5 aliphatic rings. The number of ether oxygens (including phenoxy) is 3. The average molecular weight is 315 g/mol. The molecule has 1 spiro atoms. The van der Waals surface area contributed by atoms with Crippen molar-refractivity contribution >= 4 is 0 Å². The van der Waals surface area contributed by atoms with Gasteiger partial charge in [0.25, 0.3) is 0 Å². The van der Waals surface area contributed by atoms with Crippen molar-refractivity contribution in [1.29, 1.82) is 0 Å². The zero-order chi connectivity index (χ0) is 15.5. The second kappa shape index (κ2) is 3.85. The Labute approximate surface area is 135 Å². The number of nitrogens with zero attached hydrogens (tertiary/aromatic N) is 1. The lowest BCUT2D eigenvalue weighted by Crippen LogP contribution is -2.68. The lowest BCUT2D eigenvalue weighted by atomic mass is 9.51. The first-order valence-corrected chi connectivity index (χ1v) is 8.57. The van der Waals surface area contributed by atoms with Crippen molar-refractivity contribution in [1.82, 2.24) is 4.90 Å². The summed E-state index contributed by atoms with van der Waals surface area (Å²) >= 11 is 0. The highest BCUT2D eigenvalue weighted by Crippen LogP contribution is 2.66. The lowest BCUT2D eigenvalue weighted by Gasteiger charge is -2.57. The molecular weight excluding hydrogens is 294 g/mol. The van der Waals surface area contributed by atoms with E-state index in [0.29, 0.717) is 12.0 Å². The summed E-state index contributed by atoms with van der Waals surface area (Å²) in [6, 6.07) is 4.69. The smallest absolute Gasteiger partial charge is 0.165 e. The Hall–Kier alpha value is -1.30. The summed E-state index contributed by atoms with van der Waals surface area (Å²) in [5, 5.41) is 10.8. The Kier molecular flexibility index (Phi) is 2.18. The van der Waals surface area contributed by atoms with Gasteiger partial charge < -0.3 is 24.2 Å². The number of rotatable bonds is 1. The SMILES string of the molecule is COc1ccc2c3c1O[C@H]1[C@@H](O)C4OC4[C@H]4[C@H](C2)N(C)CC[C@]314. The minimum atomic E-state index is -0.539. The van der Waals surface area contributed by atoms with Crippen molar-refractivity contribution < 1.29 is 19.3 Å². The minimum absolute atomic E-state index is 0.0472. The molecule has 2 unspecified atom stereocenters. The van der Waals surface area contributed by atoms with E-state index in [9.17, 15) is 5.11 Å². The maximum absolute atomic E-state index is 10.8. The number of likely N-dealkylation sites (N-methyl/N-ethyl adjacent to an activating group) is 1. The van der Waals surface area contributed by atoms with E-state index >= 15 is 0 Å². The van der Waals surface area contributed by atoms with E-state index in [2.05, 4.69) is 18.0 Å². The van der Waals surface area contributed by atoms with Gasteiger partial charge in [-0.1, -0.05) is 6.07 Å². The van der Waals surface area contributed by atoms with Crippen LogP contribution in [-0.2, 0) is 16.6 Å². The van der Waals surface area contributed by atoms with Crippen molar-refractivity contribution in [3.8, 4) is 11.5 Å². The van der Waals surface area contributed by atoms with Crippen molar-refractivity contribution in [2.75, 3.05) is 20.7 Å². The van der Waals surface area contributed by atoms with E-state index in [0.717, 1.165) is 30.9 Å². The third kappa shape index (κ3) is 1.26. The van der Waals surface area contributed by atoms with Crippen LogP contribution < -0.4 is 9.47 Å². The van der Waals surface area contributed by atoms with Gasteiger partial charge in [-0.3, -0.25) is 0 Å². The standard InChI is InChI=1S/C18H21NO4/c1-19-6-5-18-11-8-3-4-10(21-2)14(11)23-17(18)13(20)16-15(22-16)12(18)9(19)7-8/h3-4,9,12-13,15-17,20H,5-7H2,1-2H3/t9-,12+,13-,15?,16?,17-,18+/m0/s1. The van der Waals surface area contributed by atoms with Crippen molar-refractivity contribution in [3.63, 3.8) is 0 Å². The van der Waals surface area contributed by atoms with Gasteiger partial charge in [0.2, 0.25) is 0 Å². The Morgan fingerprint density at radius 2 is 2.22 bits per heavy atom. The second-order valence-electron chi connectivity index (χ2n) is 7.79. The van der Waals surface area contributed by atoms with Crippen LogP contribution in [0.5, 0.6) is 11.5 Å². The molecule has 3 aliphatic heterocycles. The van der Waals surface area contributed by atoms with Crippen LogP contribution in [0.25, 0.3) is 0 Å². The lowest BCUT2D eigenvalue weighted by molar-refractivity contribution is -0.0837. The monoisotopic (exact) mass is 315 g/mol. The first-order valence-electron chi connectivity index (χ1n) is 8.57. The molecule has 7 atom stereocenters. The summed E-state index contributed by atoms with van der Waals surface area (Å²) < 4.78 is 17.9. The highest BCUT2D eigenvalue weighted by Gasteiger charge is 2.75. The number of benzene rings is 1. The number of aliphatic hydroxyl groups is 1. The minimum Gasteiger partial charge on any atom is -0.493 e. The maximum atomic E-state index is 10.8. The van der Waals surface area contributed by atoms with Gasteiger partial charge in [0.15, 0.2) is 11.5 Å². The molecule has 0 radical (unpaired) electrons. The third-order valence-electron chi connectivity index (χ3n) is 7.09. The van der Waals surface area contributed by atoms with Crippen LogP contribution in [0, 0.1) is 5.92 Å². The molecule has 23 heavy (non-hydrogen) atoms. The zero-order valence-electron chi connectivity index (χ0n) is 13.4. The van der Waals surface area contributed by atoms with E-state index < -0.39 is 6.10 Å². The molecule has 122 valence electrons. The number of aliphatic hydroxyl groups excluding tert-OH is 1. The number of epoxide rings is 1. The van der Waals surface area contributed by atoms with Crippen molar-refractivity contribution in [2.45, 2.75) is 48.7 Å². The second-order valence-corrected chi connectivity index (χ2v) is 7.79. The number of fused-ring (bicyclic) bond motifs is 1. The normalized spacial score (nSPS) is 48.3. The Morgan fingerprint density at radius 1 is 1.35 bits per heavy atom. The van der Waals surface area contributed by atoms with Gasteiger partial charge >= 0.3 is 0 Å². The molecule has 1 aromatic carbocycles. The van der Waals surface area contributed by atoms with Crippen LogP contribution in [0.3, 0.4) is 0 Å². The van der Waals surface area contributed by atoms with E-state index in [-0.39, 0.29) is 23.7 Å². The van der Waals surface area contributed by atoms with Gasteiger partial charge in [0.05, 0.1) is 13.2 Å². The number of likely N-dealkylation sites (tertiary alicyclic amines) is 1. The Balaban J connectivity index is 1.66. The molecule has 1 saturated carbocycles. The molecule has 2 saturated heterocycles. The maximum Gasteiger partial charge on any atom is 0.165 e. The molecule has 3 fully saturated rings. The topological polar surface area (TPSA) is 54.5 Å². The van der Waals surface area contributed by atoms with Gasteiger partial charge in [-0.2, -0.15) is 0 Å². The van der Waals surface area contributed by atoms with Gasteiger partial charge in [-0.05, 0) is 38.1 Å². The third-order valence-corrected chi connectivity index (χ3v) is 7.09. The molecule has 5 heteroatoms. The predicted octanol–water partition coefficient (Wildman–Crippen LogP) is 0.712. The number of methoxy groups -OCH3 is 1. The quantitative estimate of drug-likeness (QED) is 0.774. The van der Waals surface area contributed by atoms with E-state index in [1.165, 1.54) is 11.1 Å². The summed E-state index contributed by atoms with van der Waals surface area (Å²) in [5.74, 6) is 2.09. The highest BCUT2D eigenvalue weighted by atomic mass is 16.6.